The molecule has 0 radical (unpaired) electrons. The lowest BCUT2D eigenvalue weighted by Gasteiger charge is -2.04. The van der Waals surface area contributed by atoms with Crippen LogP contribution in [0, 0.1) is 0 Å². The Labute approximate surface area is 100 Å². The van der Waals surface area contributed by atoms with Gasteiger partial charge in [-0.25, -0.2) is 13.2 Å². The second-order valence-electron chi connectivity index (χ2n) is 3.53. The molecule has 0 unspecified atom stereocenters. The van der Waals surface area contributed by atoms with Gasteiger partial charge >= 0.3 is 6.09 Å². The molecule has 0 atom stereocenters. The van der Waals surface area contributed by atoms with Crippen LogP contribution in [-0.4, -0.2) is 31.9 Å². The third-order valence-corrected chi connectivity index (χ3v) is 4.10. The van der Waals surface area contributed by atoms with Gasteiger partial charge in [-0.15, -0.1) is 0 Å². The first kappa shape index (κ1) is 13.5. The van der Waals surface area contributed by atoms with E-state index in [1.807, 2.05) is 0 Å². The van der Waals surface area contributed by atoms with E-state index in [1.165, 1.54) is 0 Å². The Bertz CT molecular complexity index is 479. The van der Waals surface area contributed by atoms with Crippen molar-refractivity contribution in [3.05, 3.63) is 29.8 Å². The number of amides is 1. The number of carboxylic acid groups (broad SMARTS) is 1. The third kappa shape index (κ3) is 4.07. The minimum absolute atomic E-state index is 0.0763. The Balaban J connectivity index is 2.66. The van der Waals surface area contributed by atoms with Crippen LogP contribution < -0.4 is 5.32 Å². The van der Waals surface area contributed by atoms with Gasteiger partial charge in [0.25, 0.3) is 0 Å². The maximum Gasteiger partial charge on any atom is 0.404 e. The lowest BCUT2D eigenvalue weighted by Crippen LogP contribution is -2.23. The van der Waals surface area contributed by atoms with Crippen molar-refractivity contribution in [3.63, 3.8) is 0 Å². The molecule has 0 saturated heterocycles. The summed E-state index contributed by atoms with van der Waals surface area (Å²) in [6.45, 7) is 1.91. The van der Waals surface area contributed by atoms with Gasteiger partial charge in [-0.2, -0.15) is 0 Å². The Morgan fingerprint density at radius 1 is 1.29 bits per heavy atom. The molecule has 17 heavy (non-hydrogen) atoms. The highest BCUT2D eigenvalue weighted by Gasteiger charge is 2.10. The predicted molar refractivity (Wildman–Crippen MR) is 63.9 cm³/mol. The Morgan fingerprint density at radius 3 is 2.35 bits per heavy atom. The highest BCUT2D eigenvalue weighted by molar-refractivity contribution is 7.91. The fraction of sp³-hybridized carbons (Fsp3) is 0.364. The van der Waals surface area contributed by atoms with E-state index in [9.17, 15) is 13.2 Å². The summed E-state index contributed by atoms with van der Waals surface area (Å²) in [5, 5.41) is 10.6. The number of sulfone groups is 1. The first-order valence-corrected chi connectivity index (χ1v) is 6.89. The van der Waals surface area contributed by atoms with Gasteiger partial charge in [-0.3, -0.25) is 0 Å². The highest BCUT2D eigenvalue weighted by Crippen LogP contribution is 2.12. The topological polar surface area (TPSA) is 83.5 Å². The van der Waals surface area contributed by atoms with E-state index >= 15 is 0 Å². The summed E-state index contributed by atoms with van der Waals surface area (Å²) in [4.78, 5) is 10.5. The van der Waals surface area contributed by atoms with E-state index in [0.29, 0.717) is 17.9 Å². The molecule has 94 valence electrons. The molecule has 0 bridgehead atoms. The van der Waals surface area contributed by atoms with Crippen molar-refractivity contribution in [2.75, 3.05) is 12.3 Å². The summed E-state index contributed by atoms with van der Waals surface area (Å²) in [6.07, 6.45) is -0.520. The zero-order valence-corrected chi connectivity index (χ0v) is 10.3. The van der Waals surface area contributed by atoms with Crippen LogP contribution in [0.15, 0.2) is 29.2 Å². The van der Waals surface area contributed by atoms with Crippen LogP contribution in [-0.2, 0) is 16.3 Å². The van der Waals surface area contributed by atoms with E-state index in [4.69, 9.17) is 5.11 Å². The number of benzene rings is 1. The van der Waals surface area contributed by atoms with Gasteiger partial charge in [-0.05, 0) is 24.1 Å². The Morgan fingerprint density at radius 2 is 1.88 bits per heavy atom. The average Bonchev–Trinajstić information content (AvgIpc) is 2.29. The Kier molecular flexibility index (Phi) is 4.51. The number of hydrogen-bond acceptors (Lipinski definition) is 3. The molecular formula is C11H15NO4S. The average molecular weight is 257 g/mol. The first-order valence-electron chi connectivity index (χ1n) is 5.24. The van der Waals surface area contributed by atoms with Crippen molar-refractivity contribution in [2.24, 2.45) is 0 Å². The van der Waals surface area contributed by atoms with E-state index in [2.05, 4.69) is 5.32 Å². The van der Waals surface area contributed by atoms with Gasteiger partial charge in [0.2, 0.25) is 0 Å². The second kappa shape index (κ2) is 5.67. The summed E-state index contributed by atoms with van der Waals surface area (Å²) in [5.74, 6) is 0.0763. The quantitative estimate of drug-likeness (QED) is 0.832. The van der Waals surface area contributed by atoms with Crippen molar-refractivity contribution in [3.8, 4) is 0 Å². The molecule has 1 amide bonds. The van der Waals surface area contributed by atoms with Crippen molar-refractivity contribution < 1.29 is 18.3 Å². The monoisotopic (exact) mass is 257 g/mol. The Hall–Kier alpha value is -1.56. The summed E-state index contributed by atoms with van der Waals surface area (Å²) < 4.78 is 23.1. The fourth-order valence-electron chi connectivity index (χ4n) is 1.34. The summed E-state index contributed by atoms with van der Waals surface area (Å²) in [6, 6.07) is 6.50. The van der Waals surface area contributed by atoms with Crippen LogP contribution in [0.5, 0.6) is 0 Å². The van der Waals surface area contributed by atoms with Gasteiger partial charge in [0.05, 0.1) is 10.6 Å². The van der Waals surface area contributed by atoms with Crippen molar-refractivity contribution in [1.82, 2.24) is 5.32 Å². The molecule has 1 aromatic carbocycles. The molecule has 5 nitrogen and oxygen atoms in total. The van der Waals surface area contributed by atoms with Gasteiger partial charge < -0.3 is 10.4 Å². The van der Waals surface area contributed by atoms with Gasteiger partial charge in [0, 0.05) is 6.54 Å². The largest absolute Gasteiger partial charge is 0.465 e. The number of hydrogen-bond donors (Lipinski definition) is 2. The van der Waals surface area contributed by atoms with Crippen LogP contribution in [0.1, 0.15) is 12.5 Å². The zero-order chi connectivity index (χ0) is 12.9. The molecule has 0 saturated carbocycles. The molecule has 2 N–H and O–H groups in total. The minimum atomic E-state index is -3.16. The first-order chi connectivity index (χ1) is 7.95. The molecule has 0 spiro atoms. The maximum absolute atomic E-state index is 11.5. The van der Waals surface area contributed by atoms with Crippen LogP contribution in [0.2, 0.25) is 0 Å². The minimum Gasteiger partial charge on any atom is -0.465 e. The molecule has 0 aromatic heterocycles. The summed E-state index contributed by atoms with van der Waals surface area (Å²) in [7, 11) is -3.16. The van der Waals surface area contributed by atoms with Crippen LogP contribution in [0.4, 0.5) is 4.79 Å². The molecule has 0 aliphatic heterocycles. The predicted octanol–water partition coefficient (Wildman–Crippen LogP) is 1.29. The van der Waals surface area contributed by atoms with Gasteiger partial charge in [-0.1, -0.05) is 19.1 Å². The van der Waals surface area contributed by atoms with E-state index < -0.39 is 15.9 Å². The molecule has 0 fully saturated rings. The lowest BCUT2D eigenvalue weighted by molar-refractivity contribution is 0.194. The molecule has 0 heterocycles. The molecular weight excluding hydrogens is 242 g/mol. The zero-order valence-electron chi connectivity index (χ0n) is 9.51. The van der Waals surface area contributed by atoms with Crippen LogP contribution in [0.3, 0.4) is 0 Å². The molecule has 6 heteroatoms. The molecule has 1 rings (SSSR count). The molecule has 1 aromatic rings. The normalized spacial score (nSPS) is 11.1. The van der Waals surface area contributed by atoms with Crippen LogP contribution in [0.25, 0.3) is 0 Å². The number of rotatable bonds is 5. The maximum atomic E-state index is 11.5. The molecule has 0 aliphatic rings. The van der Waals surface area contributed by atoms with E-state index in [1.54, 1.807) is 31.2 Å². The SMILES string of the molecule is CCS(=O)(=O)c1ccc(CCNC(=O)O)cc1. The van der Waals surface area contributed by atoms with E-state index in [-0.39, 0.29) is 5.75 Å². The number of nitrogens with one attached hydrogen (secondary N) is 1. The van der Waals surface area contributed by atoms with Crippen molar-refractivity contribution in [1.29, 1.82) is 0 Å². The van der Waals surface area contributed by atoms with Gasteiger partial charge in [0.15, 0.2) is 9.84 Å². The van der Waals surface area contributed by atoms with Crippen LogP contribution >= 0.6 is 0 Å². The van der Waals surface area contributed by atoms with E-state index in [0.717, 1.165) is 5.56 Å². The van der Waals surface area contributed by atoms with Gasteiger partial charge in [0.1, 0.15) is 0 Å². The standard InChI is InChI=1S/C11H15NO4S/c1-2-17(15,16)10-5-3-9(4-6-10)7-8-12-11(13)14/h3-6,12H,2,7-8H2,1H3,(H,13,14). The van der Waals surface area contributed by atoms with Crippen molar-refractivity contribution in [2.45, 2.75) is 18.2 Å². The second-order valence-corrected chi connectivity index (χ2v) is 5.81. The fourth-order valence-corrected chi connectivity index (χ4v) is 2.23. The van der Waals surface area contributed by atoms with Crippen molar-refractivity contribution >= 4 is 15.9 Å². The molecule has 0 aliphatic carbocycles. The lowest BCUT2D eigenvalue weighted by atomic mass is 10.1. The summed E-state index contributed by atoms with van der Waals surface area (Å²) >= 11 is 0. The smallest absolute Gasteiger partial charge is 0.404 e. The third-order valence-electron chi connectivity index (χ3n) is 2.35. The number of carbonyl (C=O) groups is 1. The summed E-state index contributed by atoms with van der Waals surface area (Å²) in [5.41, 5.74) is 0.897. The highest BCUT2D eigenvalue weighted by atomic mass is 32.2.